The van der Waals surface area contributed by atoms with Crippen LogP contribution in [0.4, 0.5) is 13.2 Å². The van der Waals surface area contributed by atoms with Crippen molar-refractivity contribution in [2.24, 2.45) is 0 Å². The molecule has 0 spiro atoms. The first-order valence-corrected chi connectivity index (χ1v) is 10.5. The zero-order valence-electron chi connectivity index (χ0n) is 15.8. The highest BCUT2D eigenvalue weighted by Gasteiger charge is 2.36. The van der Waals surface area contributed by atoms with E-state index in [1.807, 2.05) is 12.1 Å². The van der Waals surface area contributed by atoms with Crippen LogP contribution in [0.5, 0.6) is 5.75 Å². The number of nitrogens with one attached hydrogen (secondary N) is 1. The minimum atomic E-state index is -4.61. The standard InChI is InChI=1S/C20H22F3NO4S/c1-27-17-7-5-15(6-8-17)19(9-11-28-12-10-19)14-24-29(25,26)18-4-2-3-16(13-18)20(21,22)23/h2-8,13,24H,9-12,14H2,1H3. The van der Waals surface area contributed by atoms with Gasteiger partial charge >= 0.3 is 6.18 Å². The minimum Gasteiger partial charge on any atom is -0.497 e. The Bertz CT molecular complexity index is 937. The van der Waals surface area contributed by atoms with Gasteiger partial charge in [-0.2, -0.15) is 13.2 Å². The molecule has 0 bridgehead atoms. The summed E-state index contributed by atoms with van der Waals surface area (Å²) in [7, 11) is -2.56. The molecule has 2 aromatic carbocycles. The normalized spacial score (nSPS) is 17.1. The van der Waals surface area contributed by atoms with E-state index < -0.39 is 32.1 Å². The van der Waals surface area contributed by atoms with Crippen molar-refractivity contribution in [2.45, 2.75) is 29.3 Å². The van der Waals surface area contributed by atoms with Crippen LogP contribution < -0.4 is 9.46 Å². The Hall–Kier alpha value is -2.10. The second kappa shape index (κ2) is 8.33. The molecule has 1 aliphatic rings. The molecule has 0 amide bonds. The number of hydrogen-bond acceptors (Lipinski definition) is 4. The third kappa shape index (κ3) is 4.91. The van der Waals surface area contributed by atoms with E-state index >= 15 is 0 Å². The van der Waals surface area contributed by atoms with Crippen LogP contribution in [0, 0.1) is 0 Å². The third-order valence-corrected chi connectivity index (χ3v) is 6.62. The Morgan fingerprint density at radius 2 is 1.76 bits per heavy atom. The zero-order valence-corrected chi connectivity index (χ0v) is 16.6. The summed E-state index contributed by atoms with van der Waals surface area (Å²) in [5, 5.41) is 0. The maximum absolute atomic E-state index is 12.9. The summed E-state index contributed by atoms with van der Waals surface area (Å²) < 4.78 is 77.3. The van der Waals surface area contributed by atoms with Crippen molar-refractivity contribution in [3.8, 4) is 5.75 Å². The number of ether oxygens (including phenoxy) is 2. The first-order chi connectivity index (χ1) is 13.7. The van der Waals surface area contributed by atoms with E-state index in [0.717, 1.165) is 23.8 Å². The van der Waals surface area contributed by atoms with Crippen LogP contribution in [-0.4, -0.2) is 35.3 Å². The second-order valence-electron chi connectivity index (χ2n) is 6.97. The molecule has 0 unspecified atom stereocenters. The van der Waals surface area contributed by atoms with Gasteiger partial charge in [0.1, 0.15) is 5.75 Å². The molecule has 29 heavy (non-hydrogen) atoms. The number of alkyl halides is 3. The zero-order chi connectivity index (χ0) is 21.1. The van der Waals surface area contributed by atoms with Crippen molar-refractivity contribution < 1.29 is 31.1 Å². The van der Waals surface area contributed by atoms with E-state index in [9.17, 15) is 21.6 Å². The monoisotopic (exact) mass is 429 g/mol. The molecule has 0 atom stereocenters. The van der Waals surface area contributed by atoms with Crippen molar-refractivity contribution in [1.29, 1.82) is 0 Å². The van der Waals surface area contributed by atoms with Crippen LogP contribution in [0.25, 0.3) is 0 Å². The average Bonchev–Trinajstić information content (AvgIpc) is 2.73. The summed E-state index contributed by atoms with van der Waals surface area (Å²) in [5.41, 5.74) is -0.594. The van der Waals surface area contributed by atoms with Gasteiger partial charge in [-0.1, -0.05) is 18.2 Å². The van der Waals surface area contributed by atoms with E-state index in [1.54, 1.807) is 19.2 Å². The molecule has 0 radical (unpaired) electrons. The highest BCUT2D eigenvalue weighted by Crippen LogP contribution is 2.36. The number of hydrogen-bond donors (Lipinski definition) is 1. The van der Waals surface area contributed by atoms with Gasteiger partial charge in [-0.15, -0.1) is 0 Å². The largest absolute Gasteiger partial charge is 0.497 e. The lowest BCUT2D eigenvalue weighted by Gasteiger charge is -2.38. The van der Waals surface area contributed by atoms with Gasteiger partial charge in [-0.25, -0.2) is 13.1 Å². The van der Waals surface area contributed by atoms with Crippen molar-refractivity contribution >= 4 is 10.0 Å². The molecule has 158 valence electrons. The van der Waals surface area contributed by atoms with Crippen LogP contribution in [0.2, 0.25) is 0 Å². The Labute approximate surface area is 167 Å². The summed E-state index contributed by atoms with van der Waals surface area (Å²) in [6, 6.07) is 11.1. The van der Waals surface area contributed by atoms with Gasteiger partial charge in [0.2, 0.25) is 10.0 Å². The Balaban J connectivity index is 1.85. The fourth-order valence-electron chi connectivity index (χ4n) is 3.43. The molecule has 0 aromatic heterocycles. The van der Waals surface area contributed by atoms with E-state index in [1.165, 1.54) is 0 Å². The molecule has 0 aliphatic carbocycles. The van der Waals surface area contributed by atoms with Crippen LogP contribution >= 0.6 is 0 Å². The van der Waals surface area contributed by atoms with Crippen molar-refractivity contribution in [1.82, 2.24) is 4.72 Å². The second-order valence-corrected chi connectivity index (χ2v) is 8.74. The third-order valence-electron chi connectivity index (χ3n) is 5.22. The summed E-state index contributed by atoms with van der Waals surface area (Å²) in [6.45, 7) is 0.996. The SMILES string of the molecule is COc1ccc(C2(CNS(=O)(=O)c3cccc(C(F)(F)F)c3)CCOCC2)cc1. The first kappa shape index (κ1) is 21.6. The van der Waals surface area contributed by atoms with Crippen LogP contribution in [-0.2, 0) is 26.4 Å². The Morgan fingerprint density at radius 1 is 1.10 bits per heavy atom. The molecule has 0 saturated carbocycles. The van der Waals surface area contributed by atoms with Crippen molar-refractivity contribution in [3.05, 3.63) is 59.7 Å². The summed E-state index contributed by atoms with van der Waals surface area (Å²) in [6.07, 6.45) is -3.44. The number of benzene rings is 2. The van der Waals surface area contributed by atoms with Gasteiger partial charge < -0.3 is 9.47 Å². The molecular weight excluding hydrogens is 407 g/mol. The highest BCUT2D eigenvalue weighted by molar-refractivity contribution is 7.89. The predicted octanol–water partition coefficient (Wildman–Crippen LogP) is 3.74. The van der Waals surface area contributed by atoms with E-state index in [2.05, 4.69) is 4.72 Å². The van der Waals surface area contributed by atoms with Crippen molar-refractivity contribution in [2.75, 3.05) is 26.9 Å². The molecule has 1 aliphatic heterocycles. The van der Waals surface area contributed by atoms with Gasteiger partial charge in [-0.3, -0.25) is 0 Å². The molecular formula is C20H22F3NO4S. The molecule has 2 aromatic rings. The molecule has 5 nitrogen and oxygen atoms in total. The smallest absolute Gasteiger partial charge is 0.416 e. The van der Waals surface area contributed by atoms with E-state index in [4.69, 9.17) is 9.47 Å². The van der Waals surface area contributed by atoms with Gasteiger partial charge in [-0.05, 0) is 48.7 Å². The highest BCUT2D eigenvalue weighted by atomic mass is 32.2. The minimum absolute atomic E-state index is 0.0568. The fourth-order valence-corrected chi connectivity index (χ4v) is 4.60. The van der Waals surface area contributed by atoms with E-state index in [-0.39, 0.29) is 6.54 Å². The topological polar surface area (TPSA) is 64.6 Å². The number of halogens is 3. The lowest BCUT2D eigenvalue weighted by Crippen LogP contribution is -2.44. The van der Waals surface area contributed by atoms with Crippen LogP contribution in [0.15, 0.2) is 53.4 Å². The molecule has 1 saturated heterocycles. The number of methoxy groups -OCH3 is 1. The van der Waals surface area contributed by atoms with Gasteiger partial charge in [0.05, 0.1) is 17.6 Å². The fraction of sp³-hybridized carbons (Fsp3) is 0.400. The van der Waals surface area contributed by atoms with Gasteiger partial charge in [0.15, 0.2) is 0 Å². The lowest BCUT2D eigenvalue weighted by molar-refractivity contribution is -0.137. The molecule has 1 heterocycles. The van der Waals surface area contributed by atoms with Gasteiger partial charge in [0.25, 0.3) is 0 Å². The maximum atomic E-state index is 12.9. The Morgan fingerprint density at radius 3 is 2.34 bits per heavy atom. The van der Waals surface area contributed by atoms with Crippen molar-refractivity contribution in [3.63, 3.8) is 0 Å². The molecule has 9 heteroatoms. The number of sulfonamides is 1. The Kier molecular flexibility index (Phi) is 6.21. The predicted molar refractivity (Wildman–Crippen MR) is 101 cm³/mol. The molecule has 1 N–H and O–H groups in total. The maximum Gasteiger partial charge on any atom is 0.416 e. The summed E-state index contributed by atoms with van der Waals surface area (Å²) >= 11 is 0. The quantitative estimate of drug-likeness (QED) is 0.760. The first-order valence-electron chi connectivity index (χ1n) is 9.06. The van der Waals surface area contributed by atoms with E-state index in [0.29, 0.717) is 37.9 Å². The lowest BCUT2D eigenvalue weighted by atomic mass is 9.74. The summed E-state index contributed by atoms with van der Waals surface area (Å²) in [5.74, 6) is 0.681. The van der Waals surface area contributed by atoms with Gasteiger partial charge in [0, 0.05) is 25.2 Å². The number of rotatable bonds is 6. The van der Waals surface area contributed by atoms with Crippen LogP contribution in [0.1, 0.15) is 24.0 Å². The average molecular weight is 429 g/mol. The molecule has 3 rings (SSSR count). The van der Waals surface area contributed by atoms with Crippen LogP contribution in [0.3, 0.4) is 0 Å². The summed E-state index contributed by atoms with van der Waals surface area (Å²) in [4.78, 5) is -0.413. The molecule has 1 fully saturated rings.